The van der Waals surface area contributed by atoms with Crippen molar-refractivity contribution in [3.05, 3.63) is 188 Å². The van der Waals surface area contributed by atoms with Gasteiger partial charge in [-0.3, -0.25) is 25.1 Å². The zero-order valence-electron chi connectivity index (χ0n) is 38.9. The predicted octanol–water partition coefficient (Wildman–Crippen LogP) is 11.0. The molecule has 17 heteroatoms. The zero-order valence-corrected chi connectivity index (χ0v) is 38.9. The number of aliphatic hydroxyl groups excluding tert-OH is 2. The first kappa shape index (κ1) is 49.9. The number of benzene rings is 5. The molecule has 1 amide bonds. The van der Waals surface area contributed by atoms with Gasteiger partial charge in [0.1, 0.15) is 41.5 Å². The Labute approximate surface area is 409 Å². The Morgan fingerprint density at radius 2 is 1.54 bits per heavy atom. The first-order valence-corrected chi connectivity index (χ1v) is 23.7. The summed E-state index contributed by atoms with van der Waals surface area (Å²) in [4.78, 5) is 45.0. The Kier molecular flexibility index (Phi) is 16.2. The van der Waals surface area contributed by atoms with E-state index in [2.05, 4.69) is 12.7 Å². The van der Waals surface area contributed by atoms with Crippen LogP contribution >= 0.6 is 0 Å². The van der Waals surface area contributed by atoms with Crippen LogP contribution in [-0.4, -0.2) is 68.4 Å². The molecule has 2 N–H and O–H groups in total. The lowest BCUT2D eigenvalue weighted by Crippen LogP contribution is -2.70. The summed E-state index contributed by atoms with van der Waals surface area (Å²) in [6.07, 6.45) is 6.73. The largest absolute Gasteiger partial charge is 0.459 e. The van der Waals surface area contributed by atoms with Crippen LogP contribution in [0, 0.1) is 43.8 Å². The number of carbonyl (C=O) groups excluding carboxylic acids is 1. The molecule has 0 saturated heterocycles. The van der Waals surface area contributed by atoms with Crippen LogP contribution in [0.2, 0.25) is 0 Å². The van der Waals surface area contributed by atoms with E-state index in [9.17, 15) is 34.8 Å². The summed E-state index contributed by atoms with van der Waals surface area (Å²) in [7, 11) is 0. The molecular formula is C54H55FN4O12. The number of hydrogen-bond donors (Lipinski definition) is 2. The van der Waals surface area contributed by atoms with Gasteiger partial charge >= 0.3 is 6.09 Å². The first-order chi connectivity index (χ1) is 34.5. The number of carbonyl (C=O) groups is 1. The number of fused-ring (bicyclic) bond motifs is 2. The van der Waals surface area contributed by atoms with Crippen LogP contribution in [0.3, 0.4) is 0 Å². The van der Waals surface area contributed by atoms with Gasteiger partial charge in [0.05, 0.1) is 34.1 Å². The van der Waals surface area contributed by atoms with E-state index < -0.39 is 45.4 Å². The van der Waals surface area contributed by atoms with Crippen molar-refractivity contribution in [3.63, 3.8) is 0 Å². The Morgan fingerprint density at radius 3 is 2.24 bits per heavy atom. The highest BCUT2D eigenvalue weighted by Crippen LogP contribution is 2.62. The maximum atomic E-state index is 15.1. The fourth-order valence-corrected chi connectivity index (χ4v) is 10.2. The number of hydrogen-bond acceptors (Lipinski definition) is 13. The van der Waals surface area contributed by atoms with E-state index in [0.717, 1.165) is 16.7 Å². The summed E-state index contributed by atoms with van der Waals surface area (Å²) in [5, 5.41) is 48.2. The van der Waals surface area contributed by atoms with Gasteiger partial charge in [-0.2, -0.15) is 0 Å². The smallest absolute Gasteiger partial charge is 0.416 e. The lowest BCUT2D eigenvalue weighted by Gasteiger charge is -2.59. The number of ether oxygens (including phenoxy) is 4. The Morgan fingerprint density at radius 1 is 0.831 bits per heavy atom. The number of nitro benzene ring substituents is 2. The number of aliphatic hydroxyl groups is 2. The lowest BCUT2D eigenvalue weighted by molar-refractivity contribution is -0.385. The number of amides is 1. The number of nitro groups is 2. The van der Waals surface area contributed by atoms with E-state index >= 15 is 4.79 Å². The normalized spacial score (nSPS) is 21.4. The van der Waals surface area contributed by atoms with Crippen LogP contribution in [0.15, 0.2) is 151 Å². The molecule has 5 aromatic carbocycles. The van der Waals surface area contributed by atoms with Gasteiger partial charge in [-0.1, -0.05) is 78.7 Å². The molecule has 1 fully saturated rings. The van der Waals surface area contributed by atoms with Crippen LogP contribution in [0.25, 0.3) is 0 Å². The molecular weight excluding hydrogens is 916 g/mol. The van der Waals surface area contributed by atoms with Crippen molar-refractivity contribution in [3.8, 4) is 23.0 Å². The minimum absolute atomic E-state index is 0.000599. The summed E-state index contributed by atoms with van der Waals surface area (Å²) >= 11 is 0. The molecule has 3 aliphatic rings. The highest BCUT2D eigenvalue weighted by Gasteiger charge is 2.66. The van der Waals surface area contributed by atoms with Gasteiger partial charge < -0.3 is 34.0 Å². The fraction of sp³-hybridized carbons (Fsp3) is 0.333. The Hall–Kier alpha value is -7.47. The highest BCUT2D eigenvalue weighted by atomic mass is 19.1. The minimum atomic E-state index is -1.72. The third-order valence-electron chi connectivity index (χ3n) is 13.3. The molecule has 6 atom stereocenters. The molecule has 0 bridgehead atoms. The summed E-state index contributed by atoms with van der Waals surface area (Å²) in [6.45, 7) is 3.94. The number of allylic oxidation sites excluding steroid dienone is 1. The monoisotopic (exact) mass is 970 g/mol. The SMILES string of the molecule is C=CCO[C@@]12Oc3ccc(Oc4cccc([N+](=O)[O-])c4)cc3[C@H]3[C@H](CCCCO)[C@@H](CCCCO)C=C(C(=NOCc4ccccc4)C[C@@H]1N(Cc1ccc(F)cc1)C(=O)Oc1ccc([N+](=O)[O-])cc1)[C@H]32. The molecule has 8 rings (SSSR count). The van der Waals surface area contributed by atoms with Crippen LogP contribution < -0.4 is 14.2 Å². The molecule has 0 spiro atoms. The lowest BCUT2D eigenvalue weighted by atomic mass is 9.55. The van der Waals surface area contributed by atoms with Gasteiger partial charge in [0.15, 0.2) is 0 Å². The number of halogens is 1. The Bertz CT molecular complexity index is 2740. The molecule has 71 heavy (non-hydrogen) atoms. The average molecular weight is 971 g/mol. The summed E-state index contributed by atoms with van der Waals surface area (Å²) in [5.41, 5.74) is 3.07. The summed E-state index contributed by atoms with van der Waals surface area (Å²) < 4.78 is 41.3. The topological polar surface area (TPSA) is 206 Å². The molecule has 0 unspecified atom stereocenters. The van der Waals surface area contributed by atoms with Crippen molar-refractivity contribution in [2.75, 3.05) is 19.8 Å². The zero-order chi connectivity index (χ0) is 49.9. The maximum Gasteiger partial charge on any atom is 0.416 e. The molecule has 1 saturated carbocycles. The van der Waals surface area contributed by atoms with E-state index in [1.54, 1.807) is 42.5 Å². The van der Waals surface area contributed by atoms with Crippen LogP contribution in [0.5, 0.6) is 23.0 Å². The average Bonchev–Trinajstić information content (AvgIpc) is 3.37. The highest BCUT2D eigenvalue weighted by molar-refractivity contribution is 6.03. The van der Waals surface area contributed by atoms with E-state index in [1.807, 2.05) is 36.4 Å². The van der Waals surface area contributed by atoms with Crippen molar-refractivity contribution in [1.82, 2.24) is 4.90 Å². The van der Waals surface area contributed by atoms with Crippen LogP contribution in [-0.2, 0) is 22.7 Å². The second kappa shape index (κ2) is 23.0. The summed E-state index contributed by atoms with van der Waals surface area (Å²) in [5.74, 6) is -2.59. The molecule has 2 aliphatic carbocycles. The van der Waals surface area contributed by atoms with E-state index in [4.69, 9.17) is 28.9 Å². The quantitative estimate of drug-likeness (QED) is 0.0288. The number of unbranched alkanes of at least 4 members (excludes halogenated alkanes) is 2. The van der Waals surface area contributed by atoms with Crippen molar-refractivity contribution < 1.29 is 53.0 Å². The number of nitrogens with zero attached hydrogens (tertiary/aromatic N) is 4. The standard InChI is InChI=1S/C54H55FN4O12/c1-2-29-67-54-50(57(34-36-17-19-39(55)20-18-36)53(62)70-42-23-21-40(22-24-42)58(63)64)33-48(56-68-35-37-11-4-3-5-12-37)46-30-38(13-6-8-27-60)45(16-7-9-28-61)51(52(46)54)47-32-44(25-26-49(47)71-54)69-43-15-10-14-41(31-43)59(65)66/h2-5,10-12,14-15,17-26,30-32,38,45,50-52,60-61H,1,6-9,13,16,27-29,33-35H2/t38-,45+,50-,51+,52+,54+/m0/s1. The molecule has 0 radical (unpaired) electrons. The second-order valence-corrected chi connectivity index (χ2v) is 17.8. The number of oxime groups is 1. The van der Waals surface area contributed by atoms with Gasteiger partial charge in [0, 0.05) is 55.9 Å². The number of non-ortho nitro benzene ring substituents is 2. The van der Waals surface area contributed by atoms with Crippen LogP contribution in [0.1, 0.15) is 67.6 Å². The van der Waals surface area contributed by atoms with E-state index in [1.165, 1.54) is 53.4 Å². The Balaban J connectivity index is 1.34. The molecule has 1 aliphatic heterocycles. The van der Waals surface area contributed by atoms with Gasteiger partial charge in [-0.05, 0) is 103 Å². The van der Waals surface area contributed by atoms with Gasteiger partial charge in [0.2, 0.25) is 5.79 Å². The first-order valence-electron chi connectivity index (χ1n) is 23.7. The second-order valence-electron chi connectivity index (χ2n) is 17.8. The minimum Gasteiger partial charge on any atom is -0.459 e. The van der Waals surface area contributed by atoms with Crippen LogP contribution in [0.4, 0.5) is 20.6 Å². The van der Waals surface area contributed by atoms with Crippen molar-refractivity contribution in [2.24, 2.45) is 22.9 Å². The third-order valence-corrected chi connectivity index (χ3v) is 13.3. The molecule has 16 nitrogen and oxygen atoms in total. The van der Waals surface area contributed by atoms with Crippen molar-refractivity contribution in [2.45, 2.75) is 75.8 Å². The fourth-order valence-electron chi connectivity index (χ4n) is 10.2. The third kappa shape index (κ3) is 11.4. The van der Waals surface area contributed by atoms with E-state index in [-0.39, 0.29) is 74.1 Å². The maximum absolute atomic E-state index is 15.1. The predicted molar refractivity (Wildman–Crippen MR) is 260 cm³/mol. The van der Waals surface area contributed by atoms with Gasteiger partial charge in [-0.15, -0.1) is 6.58 Å². The van der Waals surface area contributed by atoms with Crippen molar-refractivity contribution >= 4 is 23.2 Å². The summed E-state index contributed by atoms with van der Waals surface area (Å²) in [6, 6.07) is 30.5. The van der Waals surface area contributed by atoms with Crippen molar-refractivity contribution in [1.29, 1.82) is 0 Å². The molecule has 1 heterocycles. The molecule has 5 aromatic rings. The van der Waals surface area contributed by atoms with Gasteiger partial charge in [0.25, 0.3) is 11.4 Å². The molecule has 370 valence electrons. The van der Waals surface area contributed by atoms with E-state index in [0.29, 0.717) is 61.3 Å². The van der Waals surface area contributed by atoms with Gasteiger partial charge in [-0.25, -0.2) is 9.18 Å². The number of rotatable bonds is 22. The molecule has 0 aromatic heterocycles.